The van der Waals surface area contributed by atoms with Gasteiger partial charge in [0.15, 0.2) is 5.65 Å². The highest BCUT2D eigenvalue weighted by molar-refractivity contribution is 5.91. The first-order chi connectivity index (χ1) is 11.8. The van der Waals surface area contributed by atoms with Crippen molar-refractivity contribution in [2.24, 2.45) is 0 Å². The Bertz CT molecular complexity index is 973. The third-order valence-electron chi connectivity index (χ3n) is 4.20. The zero-order chi connectivity index (χ0) is 16.4. The number of nitrogens with one attached hydrogen (secondary N) is 1. The smallest absolute Gasteiger partial charge is 0.158 e. The first-order valence-electron chi connectivity index (χ1n) is 8.34. The Morgan fingerprint density at radius 2 is 1.79 bits per heavy atom. The van der Waals surface area contributed by atoms with Gasteiger partial charge < -0.3 is 5.32 Å². The summed E-state index contributed by atoms with van der Waals surface area (Å²) in [5.41, 5.74) is 4.32. The Hall–Kier alpha value is -2.88. The van der Waals surface area contributed by atoms with Gasteiger partial charge in [-0.2, -0.15) is 5.10 Å². The average molecular weight is 316 g/mol. The van der Waals surface area contributed by atoms with E-state index in [0.29, 0.717) is 0 Å². The van der Waals surface area contributed by atoms with Gasteiger partial charge in [-0.1, -0.05) is 42.5 Å². The summed E-state index contributed by atoms with van der Waals surface area (Å²) in [4.78, 5) is 4.76. The van der Waals surface area contributed by atoms with E-state index in [9.17, 15) is 0 Å². The topological polar surface area (TPSA) is 42.2 Å². The van der Waals surface area contributed by atoms with Gasteiger partial charge in [-0.25, -0.2) is 9.50 Å². The predicted octanol–water partition coefficient (Wildman–Crippen LogP) is 4.24. The molecule has 4 rings (SSSR count). The Labute approximate surface area is 141 Å². The summed E-state index contributed by atoms with van der Waals surface area (Å²) in [6, 6.07) is 20.9. The van der Waals surface area contributed by atoms with Gasteiger partial charge in [0.1, 0.15) is 5.82 Å². The Morgan fingerprint density at radius 1 is 1.00 bits per heavy atom. The fourth-order valence-electron chi connectivity index (χ4n) is 3.05. The molecule has 0 aliphatic rings. The molecule has 0 amide bonds. The average Bonchev–Trinajstić information content (AvgIpc) is 3.00. The van der Waals surface area contributed by atoms with Crippen LogP contribution in [0, 0.1) is 6.92 Å². The molecule has 0 fully saturated rings. The number of aromatic nitrogens is 3. The van der Waals surface area contributed by atoms with Crippen LogP contribution in [-0.4, -0.2) is 21.1 Å². The summed E-state index contributed by atoms with van der Waals surface area (Å²) in [6.45, 7) is 2.89. The molecule has 1 N–H and O–H groups in total. The van der Waals surface area contributed by atoms with Gasteiger partial charge in [0.05, 0.1) is 11.2 Å². The van der Waals surface area contributed by atoms with E-state index in [4.69, 9.17) is 4.98 Å². The van der Waals surface area contributed by atoms with Gasteiger partial charge in [0, 0.05) is 18.0 Å². The lowest BCUT2D eigenvalue weighted by atomic mass is 10.1. The maximum atomic E-state index is 4.76. The molecule has 0 saturated heterocycles. The van der Waals surface area contributed by atoms with E-state index in [1.54, 1.807) is 0 Å². The third-order valence-corrected chi connectivity index (χ3v) is 4.20. The molecule has 0 aliphatic heterocycles. The van der Waals surface area contributed by atoms with Crippen LogP contribution in [-0.2, 0) is 6.42 Å². The van der Waals surface area contributed by atoms with Crippen LogP contribution in [0.15, 0.2) is 60.7 Å². The number of para-hydroxylation sites is 1. The quantitative estimate of drug-likeness (QED) is 0.560. The summed E-state index contributed by atoms with van der Waals surface area (Å²) in [5.74, 6) is 0.936. The molecule has 4 heteroatoms. The molecule has 0 atom stereocenters. The summed E-state index contributed by atoms with van der Waals surface area (Å²) < 4.78 is 1.92. The minimum absolute atomic E-state index is 0.886. The standard InChI is InChI=1S/C20H20N4/c1-15-14-19-22-20(17-11-5-6-12-18(17)24(19)23-15)21-13-7-10-16-8-3-2-4-9-16/h2-6,8-9,11-12,14H,7,10,13H2,1H3,(H,21,22). The van der Waals surface area contributed by atoms with Crippen molar-refractivity contribution in [2.75, 3.05) is 11.9 Å². The second-order valence-electron chi connectivity index (χ2n) is 6.05. The van der Waals surface area contributed by atoms with Gasteiger partial charge >= 0.3 is 0 Å². The van der Waals surface area contributed by atoms with E-state index in [1.165, 1.54) is 5.56 Å². The Morgan fingerprint density at radius 3 is 2.67 bits per heavy atom. The molecule has 2 heterocycles. The molecule has 2 aromatic heterocycles. The number of benzene rings is 2. The number of nitrogens with zero attached hydrogens (tertiary/aromatic N) is 3. The molecule has 24 heavy (non-hydrogen) atoms. The summed E-state index contributed by atoms with van der Waals surface area (Å²) in [6.07, 6.45) is 2.14. The molecule has 0 bridgehead atoms. The minimum atomic E-state index is 0.886. The van der Waals surface area contributed by atoms with Crippen LogP contribution in [0.4, 0.5) is 5.82 Å². The van der Waals surface area contributed by atoms with Crippen LogP contribution in [0.2, 0.25) is 0 Å². The summed E-state index contributed by atoms with van der Waals surface area (Å²) >= 11 is 0. The van der Waals surface area contributed by atoms with Gasteiger partial charge in [-0.3, -0.25) is 0 Å². The van der Waals surface area contributed by atoms with Gasteiger partial charge in [0.25, 0.3) is 0 Å². The molecule has 4 aromatic rings. The van der Waals surface area contributed by atoms with E-state index in [1.807, 2.05) is 29.6 Å². The molecule has 0 unspecified atom stereocenters. The van der Waals surface area contributed by atoms with E-state index in [2.05, 4.69) is 52.9 Å². The Kier molecular flexibility index (Phi) is 3.87. The summed E-state index contributed by atoms with van der Waals surface area (Å²) in [5, 5.41) is 9.16. The SMILES string of the molecule is Cc1cc2nc(NCCCc3ccccc3)c3ccccc3n2n1. The monoisotopic (exact) mass is 316 g/mol. The molecule has 120 valence electrons. The van der Waals surface area contributed by atoms with Crippen LogP contribution in [0.5, 0.6) is 0 Å². The maximum absolute atomic E-state index is 4.76. The van der Waals surface area contributed by atoms with Gasteiger partial charge in [0.2, 0.25) is 0 Å². The normalized spacial score (nSPS) is 11.2. The zero-order valence-electron chi connectivity index (χ0n) is 13.7. The number of rotatable bonds is 5. The van der Waals surface area contributed by atoms with Gasteiger partial charge in [-0.05, 0) is 37.5 Å². The van der Waals surface area contributed by atoms with Crippen molar-refractivity contribution >= 4 is 22.4 Å². The highest BCUT2D eigenvalue weighted by Crippen LogP contribution is 2.23. The minimum Gasteiger partial charge on any atom is -0.369 e. The van der Waals surface area contributed by atoms with Crippen molar-refractivity contribution in [3.63, 3.8) is 0 Å². The predicted molar refractivity (Wildman–Crippen MR) is 98.5 cm³/mol. The zero-order valence-corrected chi connectivity index (χ0v) is 13.7. The largest absolute Gasteiger partial charge is 0.369 e. The van der Waals surface area contributed by atoms with Crippen molar-refractivity contribution in [1.29, 1.82) is 0 Å². The van der Waals surface area contributed by atoms with E-state index in [-0.39, 0.29) is 0 Å². The highest BCUT2D eigenvalue weighted by Gasteiger charge is 2.09. The second kappa shape index (κ2) is 6.32. The van der Waals surface area contributed by atoms with Crippen LogP contribution in [0.3, 0.4) is 0 Å². The first kappa shape index (κ1) is 14.7. The van der Waals surface area contributed by atoms with Crippen LogP contribution in [0.25, 0.3) is 16.6 Å². The van der Waals surface area contributed by atoms with Crippen LogP contribution < -0.4 is 5.32 Å². The molecule has 0 radical (unpaired) electrons. The lowest BCUT2D eigenvalue weighted by molar-refractivity contribution is 0.859. The van der Waals surface area contributed by atoms with Crippen LogP contribution in [0.1, 0.15) is 17.7 Å². The number of fused-ring (bicyclic) bond motifs is 3. The fourth-order valence-corrected chi connectivity index (χ4v) is 3.05. The van der Waals surface area contributed by atoms with Crippen molar-refractivity contribution < 1.29 is 0 Å². The van der Waals surface area contributed by atoms with Crippen molar-refractivity contribution in [2.45, 2.75) is 19.8 Å². The fraction of sp³-hybridized carbons (Fsp3) is 0.200. The molecule has 0 saturated carbocycles. The molecular formula is C20H20N4. The van der Waals surface area contributed by atoms with Crippen molar-refractivity contribution in [3.05, 3.63) is 71.9 Å². The van der Waals surface area contributed by atoms with Crippen LogP contribution >= 0.6 is 0 Å². The molecule has 0 spiro atoms. The maximum Gasteiger partial charge on any atom is 0.158 e. The first-order valence-corrected chi connectivity index (χ1v) is 8.34. The van der Waals surface area contributed by atoms with Crippen molar-refractivity contribution in [1.82, 2.24) is 14.6 Å². The number of hydrogen-bond donors (Lipinski definition) is 1. The lowest BCUT2D eigenvalue weighted by Gasteiger charge is -2.10. The molecule has 2 aromatic carbocycles. The number of aryl methyl sites for hydroxylation is 2. The lowest BCUT2D eigenvalue weighted by Crippen LogP contribution is -2.07. The van der Waals surface area contributed by atoms with Crippen molar-refractivity contribution in [3.8, 4) is 0 Å². The number of anilines is 1. The highest BCUT2D eigenvalue weighted by atomic mass is 15.3. The van der Waals surface area contributed by atoms with E-state index >= 15 is 0 Å². The van der Waals surface area contributed by atoms with Gasteiger partial charge in [-0.15, -0.1) is 0 Å². The summed E-state index contributed by atoms with van der Waals surface area (Å²) in [7, 11) is 0. The Balaban J connectivity index is 1.56. The van der Waals surface area contributed by atoms with E-state index in [0.717, 1.165) is 47.4 Å². The third kappa shape index (κ3) is 2.83. The molecular weight excluding hydrogens is 296 g/mol. The second-order valence-corrected chi connectivity index (χ2v) is 6.05. The number of hydrogen-bond acceptors (Lipinski definition) is 3. The molecule has 4 nitrogen and oxygen atoms in total. The molecule has 0 aliphatic carbocycles. The van der Waals surface area contributed by atoms with E-state index < -0.39 is 0 Å².